The average Bonchev–Trinajstić information content (AvgIpc) is 2.96. The second-order valence-electron chi connectivity index (χ2n) is 4.41. The maximum Gasteiger partial charge on any atom is 0.339 e. The first kappa shape index (κ1) is 11.2. The van der Waals surface area contributed by atoms with Gasteiger partial charge < -0.3 is 14.3 Å². The van der Waals surface area contributed by atoms with Crippen LogP contribution in [0.1, 0.15) is 29.1 Å². The summed E-state index contributed by atoms with van der Waals surface area (Å²) >= 11 is 0. The molecule has 1 aromatic heterocycles. The number of carbonyl (C=O) groups is 1. The van der Waals surface area contributed by atoms with Gasteiger partial charge in [-0.2, -0.15) is 0 Å². The zero-order valence-corrected chi connectivity index (χ0v) is 9.76. The van der Waals surface area contributed by atoms with Crippen LogP contribution >= 0.6 is 0 Å². The Kier molecular flexibility index (Phi) is 2.76. The molecule has 0 bridgehead atoms. The van der Waals surface area contributed by atoms with E-state index >= 15 is 0 Å². The summed E-state index contributed by atoms with van der Waals surface area (Å²) in [4.78, 5) is 15.4. The van der Waals surface area contributed by atoms with Crippen LogP contribution in [0.2, 0.25) is 0 Å². The number of hydrogen-bond acceptors (Lipinski definition) is 4. The molecular formula is C13H13NO4. The van der Waals surface area contributed by atoms with E-state index < -0.39 is 5.97 Å². The van der Waals surface area contributed by atoms with E-state index in [-0.39, 0.29) is 11.7 Å². The lowest BCUT2D eigenvalue weighted by molar-refractivity contribution is 0.0698. The number of oxazole rings is 1. The Labute approximate surface area is 103 Å². The zero-order valence-electron chi connectivity index (χ0n) is 9.76. The normalized spacial score (nSPS) is 19.4. The second kappa shape index (κ2) is 4.42. The van der Waals surface area contributed by atoms with Crippen molar-refractivity contribution < 1.29 is 19.1 Å². The van der Waals surface area contributed by atoms with Crippen molar-refractivity contribution >= 4 is 17.1 Å². The highest BCUT2D eigenvalue weighted by Crippen LogP contribution is 2.23. The highest BCUT2D eigenvalue weighted by atomic mass is 16.5. The van der Waals surface area contributed by atoms with Crippen LogP contribution in [0, 0.1) is 0 Å². The van der Waals surface area contributed by atoms with Crippen LogP contribution in [0.5, 0.6) is 0 Å². The third-order valence-corrected chi connectivity index (χ3v) is 3.12. The molecule has 1 atom stereocenters. The van der Waals surface area contributed by atoms with Crippen molar-refractivity contribution in [1.29, 1.82) is 0 Å². The number of fused-ring (bicyclic) bond motifs is 1. The third-order valence-electron chi connectivity index (χ3n) is 3.12. The molecule has 0 spiro atoms. The summed E-state index contributed by atoms with van der Waals surface area (Å²) in [5.41, 5.74) is 1.08. The summed E-state index contributed by atoms with van der Waals surface area (Å²) in [7, 11) is 0. The first-order valence-electron chi connectivity index (χ1n) is 5.97. The van der Waals surface area contributed by atoms with Gasteiger partial charge in [-0.1, -0.05) is 6.07 Å². The molecule has 94 valence electrons. The van der Waals surface area contributed by atoms with E-state index in [0.29, 0.717) is 23.4 Å². The Morgan fingerprint density at radius 3 is 3.11 bits per heavy atom. The van der Waals surface area contributed by atoms with E-state index in [9.17, 15) is 4.79 Å². The van der Waals surface area contributed by atoms with Gasteiger partial charge in [0.25, 0.3) is 0 Å². The van der Waals surface area contributed by atoms with Gasteiger partial charge in [0.15, 0.2) is 11.5 Å². The molecule has 5 heteroatoms. The van der Waals surface area contributed by atoms with Crippen LogP contribution in [-0.2, 0) is 11.2 Å². The van der Waals surface area contributed by atoms with Crippen molar-refractivity contribution in [3.05, 3.63) is 29.7 Å². The quantitative estimate of drug-likeness (QED) is 0.900. The fourth-order valence-corrected chi connectivity index (χ4v) is 2.25. The number of aromatic carboxylic acids is 1. The molecule has 1 aliphatic rings. The molecule has 1 saturated heterocycles. The van der Waals surface area contributed by atoms with Crippen LogP contribution in [0.3, 0.4) is 0 Å². The van der Waals surface area contributed by atoms with Crippen LogP contribution in [0.4, 0.5) is 0 Å². The highest BCUT2D eigenvalue weighted by Gasteiger charge is 2.20. The number of aromatic nitrogens is 1. The summed E-state index contributed by atoms with van der Waals surface area (Å²) in [5, 5.41) is 9.06. The van der Waals surface area contributed by atoms with Gasteiger partial charge in [0, 0.05) is 6.61 Å². The standard InChI is InChI=1S/C13H13NO4/c15-13(16)9-4-1-5-10-12(9)18-11(14-10)7-8-3-2-6-17-8/h1,4-5,8H,2-3,6-7H2,(H,15,16). The van der Waals surface area contributed by atoms with Gasteiger partial charge in [0.05, 0.1) is 12.5 Å². The number of benzene rings is 1. The summed E-state index contributed by atoms with van der Waals surface area (Å²) in [6.45, 7) is 0.783. The lowest BCUT2D eigenvalue weighted by Crippen LogP contribution is -2.08. The molecule has 2 aromatic rings. The molecule has 0 radical (unpaired) electrons. The predicted molar refractivity (Wildman–Crippen MR) is 63.6 cm³/mol. The molecule has 5 nitrogen and oxygen atoms in total. The van der Waals surface area contributed by atoms with Crippen LogP contribution in [-0.4, -0.2) is 28.8 Å². The molecule has 0 aliphatic carbocycles. The van der Waals surface area contributed by atoms with E-state index in [1.54, 1.807) is 12.1 Å². The van der Waals surface area contributed by atoms with Gasteiger partial charge in [0.1, 0.15) is 11.1 Å². The molecule has 1 aromatic carbocycles. The van der Waals surface area contributed by atoms with Gasteiger partial charge in [-0.15, -0.1) is 0 Å². The van der Waals surface area contributed by atoms with Crippen molar-refractivity contribution in [2.75, 3.05) is 6.61 Å². The third kappa shape index (κ3) is 1.97. The number of nitrogens with zero attached hydrogens (tertiary/aromatic N) is 1. The number of rotatable bonds is 3. The smallest absolute Gasteiger partial charge is 0.339 e. The minimum Gasteiger partial charge on any atom is -0.478 e. The fourth-order valence-electron chi connectivity index (χ4n) is 2.25. The van der Waals surface area contributed by atoms with E-state index in [1.807, 2.05) is 0 Å². The Morgan fingerprint density at radius 2 is 2.39 bits per heavy atom. The first-order valence-corrected chi connectivity index (χ1v) is 5.97. The number of carboxylic acids is 1. The minimum absolute atomic E-state index is 0.145. The Balaban J connectivity index is 1.94. The molecule has 0 saturated carbocycles. The molecule has 1 N–H and O–H groups in total. The van der Waals surface area contributed by atoms with Gasteiger partial charge in [-0.25, -0.2) is 9.78 Å². The Bertz CT molecular complexity index is 584. The van der Waals surface area contributed by atoms with Crippen molar-refractivity contribution in [2.24, 2.45) is 0 Å². The van der Waals surface area contributed by atoms with Gasteiger partial charge >= 0.3 is 5.97 Å². The lowest BCUT2D eigenvalue weighted by Gasteiger charge is -2.04. The van der Waals surface area contributed by atoms with Crippen LogP contribution in [0.15, 0.2) is 22.6 Å². The average molecular weight is 247 g/mol. The maximum absolute atomic E-state index is 11.1. The fraction of sp³-hybridized carbons (Fsp3) is 0.385. The van der Waals surface area contributed by atoms with E-state index in [0.717, 1.165) is 19.4 Å². The first-order chi connectivity index (χ1) is 8.74. The summed E-state index contributed by atoms with van der Waals surface area (Å²) in [6, 6.07) is 4.94. The van der Waals surface area contributed by atoms with Crippen LogP contribution in [0.25, 0.3) is 11.1 Å². The minimum atomic E-state index is -1.000. The predicted octanol–water partition coefficient (Wildman–Crippen LogP) is 2.25. The summed E-state index contributed by atoms with van der Waals surface area (Å²) < 4.78 is 11.1. The molecule has 0 amide bonds. The van der Waals surface area contributed by atoms with Gasteiger partial charge in [0.2, 0.25) is 0 Å². The maximum atomic E-state index is 11.1. The monoisotopic (exact) mass is 247 g/mol. The molecular weight excluding hydrogens is 234 g/mol. The number of carboxylic acid groups (broad SMARTS) is 1. The van der Waals surface area contributed by atoms with E-state index in [1.165, 1.54) is 6.07 Å². The second-order valence-corrected chi connectivity index (χ2v) is 4.41. The number of hydrogen-bond donors (Lipinski definition) is 1. The topological polar surface area (TPSA) is 72.6 Å². The zero-order chi connectivity index (χ0) is 12.5. The molecule has 1 aliphatic heterocycles. The Morgan fingerprint density at radius 1 is 1.50 bits per heavy atom. The van der Waals surface area contributed by atoms with Gasteiger partial charge in [-0.3, -0.25) is 0 Å². The lowest BCUT2D eigenvalue weighted by atomic mass is 10.2. The summed E-state index contributed by atoms with van der Waals surface area (Å²) in [5.74, 6) is -0.453. The SMILES string of the molecule is O=C(O)c1cccc2nc(CC3CCCO3)oc12. The largest absolute Gasteiger partial charge is 0.478 e. The van der Waals surface area contributed by atoms with Crippen molar-refractivity contribution in [1.82, 2.24) is 4.98 Å². The molecule has 1 fully saturated rings. The van der Waals surface area contributed by atoms with Crippen molar-refractivity contribution in [3.63, 3.8) is 0 Å². The van der Waals surface area contributed by atoms with Crippen molar-refractivity contribution in [2.45, 2.75) is 25.4 Å². The van der Waals surface area contributed by atoms with E-state index in [2.05, 4.69) is 4.98 Å². The van der Waals surface area contributed by atoms with Gasteiger partial charge in [-0.05, 0) is 25.0 Å². The Hall–Kier alpha value is -1.88. The molecule has 3 rings (SSSR count). The van der Waals surface area contributed by atoms with E-state index in [4.69, 9.17) is 14.3 Å². The number of ether oxygens (including phenoxy) is 1. The highest BCUT2D eigenvalue weighted by molar-refractivity contribution is 5.99. The molecule has 1 unspecified atom stereocenters. The summed E-state index contributed by atoms with van der Waals surface area (Å²) in [6.07, 6.45) is 2.81. The molecule has 18 heavy (non-hydrogen) atoms. The van der Waals surface area contributed by atoms with Crippen LogP contribution < -0.4 is 0 Å². The molecule has 2 heterocycles. The number of para-hydroxylation sites is 1. The van der Waals surface area contributed by atoms with Crippen molar-refractivity contribution in [3.8, 4) is 0 Å².